The van der Waals surface area contributed by atoms with Gasteiger partial charge in [-0.1, -0.05) is 19.9 Å². The first-order valence-corrected chi connectivity index (χ1v) is 7.44. The van der Waals surface area contributed by atoms with Gasteiger partial charge in [0.25, 0.3) is 0 Å². The van der Waals surface area contributed by atoms with E-state index < -0.39 is 16.1 Å². The fourth-order valence-corrected chi connectivity index (χ4v) is 2.16. The summed E-state index contributed by atoms with van der Waals surface area (Å²) in [7, 11) is -3.78. The number of sulfonamides is 1. The molecule has 1 amide bonds. The van der Waals surface area contributed by atoms with E-state index >= 15 is 0 Å². The van der Waals surface area contributed by atoms with E-state index in [4.69, 9.17) is 10.9 Å². The van der Waals surface area contributed by atoms with E-state index in [1.165, 1.54) is 18.2 Å². The maximum absolute atomic E-state index is 11.8. The average molecular weight is 285 g/mol. The topological polar surface area (TPSA) is 115 Å². The minimum absolute atomic E-state index is 0.0530. The Kier molecular flexibility index (Phi) is 5.04. The zero-order chi connectivity index (χ0) is 14.6. The molecule has 0 saturated heterocycles. The van der Waals surface area contributed by atoms with E-state index in [1.807, 2.05) is 13.8 Å². The number of hydrogen-bond donors (Lipinski definition) is 3. The van der Waals surface area contributed by atoms with Gasteiger partial charge in [-0.15, -0.1) is 0 Å². The molecule has 0 spiro atoms. The van der Waals surface area contributed by atoms with Crippen molar-refractivity contribution in [2.24, 2.45) is 16.8 Å². The first-order valence-electron chi connectivity index (χ1n) is 5.89. The van der Waals surface area contributed by atoms with Gasteiger partial charge >= 0.3 is 0 Å². The summed E-state index contributed by atoms with van der Waals surface area (Å²) < 4.78 is 22.4. The molecule has 5 N–H and O–H groups in total. The van der Waals surface area contributed by atoms with Crippen molar-refractivity contribution < 1.29 is 13.2 Å². The van der Waals surface area contributed by atoms with Crippen molar-refractivity contribution in [2.75, 3.05) is 5.32 Å². The summed E-state index contributed by atoms with van der Waals surface area (Å²) in [6.07, 6.45) is 0.556. The summed E-state index contributed by atoms with van der Waals surface area (Å²) in [5.74, 6) is -0.0447. The van der Waals surface area contributed by atoms with Gasteiger partial charge in [-0.3, -0.25) is 4.79 Å². The highest BCUT2D eigenvalue weighted by molar-refractivity contribution is 7.89. The molecule has 0 aliphatic carbocycles. The van der Waals surface area contributed by atoms with E-state index in [1.54, 1.807) is 6.07 Å². The lowest BCUT2D eigenvalue weighted by atomic mass is 10.0. The largest absolute Gasteiger partial charge is 0.325 e. The van der Waals surface area contributed by atoms with Gasteiger partial charge in [0.2, 0.25) is 15.9 Å². The average Bonchev–Trinajstić information content (AvgIpc) is 2.27. The number of primary sulfonamides is 1. The maximum Gasteiger partial charge on any atom is 0.241 e. The van der Waals surface area contributed by atoms with E-state index in [0.717, 1.165) is 0 Å². The summed E-state index contributed by atoms with van der Waals surface area (Å²) in [6.45, 7) is 3.93. The van der Waals surface area contributed by atoms with Crippen LogP contribution in [0.3, 0.4) is 0 Å². The second-order valence-corrected chi connectivity index (χ2v) is 6.36. The summed E-state index contributed by atoms with van der Waals surface area (Å²) >= 11 is 0. The molecule has 1 atom stereocenters. The number of nitrogens with one attached hydrogen (secondary N) is 1. The van der Waals surface area contributed by atoms with Crippen LogP contribution in [0.5, 0.6) is 0 Å². The summed E-state index contributed by atoms with van der Waals surface area (Å²) in [5.41, 5.74) is 6.09. The number of amides is 1. The molecule has 0 fully saturated rings. The van der Waals surface area contributed by atoms with Gasteiger partial charge in [0.05, 0.1) is 10.9 Å². The second-order valence-electron chi connectivity index (χ2n) is 4.80. The minimum atomic E-state index is -3.78. The molecule has 0 bridgehead atoms. The standard InChI is InChI=1S/C12H19N3O3S/c1-8(2)6-11(13)12(16)15-9-4-3-5-10(7-9)19(14,17)18/h3-5,7-8,11H,6,13H2,1-2H3,(H,15,16)(H2,14,17,18)/t11-/m0/s1. The lowest BCUT2D eigenvalue weighted by Crippen LogP contribution is -2.36. The highest BCUT2D eigenvalue weighted by Gasteiger charge is 2.16. The van der Waals surface area contributed by atoms with Gasteiger partial charge in [0, 0.05) is 5.69 Å². The molecule has 0 radical (unpaired) electrons. The van der Waals surface area contributed by atoms with Gasteiger partial charge < -0.3 is 11.1 Å². The Morgan fingerprint density at radius 3 is 2.53 bits per heavy atom. The van der Waals surface area contributed by atoms with Gasteiger partial charge in [-0.05, 0) is 30.5 Å². The zero-order valence-corrected chi connectivity index (χ0v) is 11.8. The number of hydrogen-bond acceptors (Lipinski definition) is 4. The van der Waals surface area contributed by atoms with Crippen molar-refractivity contribution in [3.8, 4) is 0 Å². The fourth-order valence-electron chi connectivity index (χ4n) is 1.60. The van der Waals surface area contributed by atoms with Crippen LogP contribution in [0.2, 0.25) is 0 Å². The normalized spacial score (nSPS) is 13.3. The van der Waals surface area contributed by atoms with Crippen molar-refractivity contribution >= 4 is 21.6 Å². The van der Waals surface area contributed by atoms with Gasteiger partial charge in [0.1, 0.15) is 0 Å². The van der Waals surface area contributed by atoms with Gasteiger partial charge in [-0.2, -0.15) is 0 Å². The SMILES string of the molecule is CC(C)C[C@H](N)C(=O)Nc1cccc(S(N)(=O)=O)c1. The number of benzene rings is 1. The third kappa shape index (κ3) is 4.98. The molecule has 0 unspecified atom stereocenters. The number of rotatable bonds is 5. The van der Waals surface area contributed by atoms with Crippen molar-refractivity contribution in [2.45, 2.75) is 31.2 Å². The monoisotopic (exact) mass is 285 g/mol. The summed E-state index contributed by atoms with van der Waals surface area (Å²) in [5, 5.41) is 7.59. The molecule has 0 aromatic heterocycles. The Morgan fingerprint density at radius 2 is 2.00 bits per heavy atom. The van der Waals surface area contributed by atoms with Crippen LogP contribution in [0.25, 0.3) is 0 Å². The van der Waals surface area contributed by atoms with Crippen LogP contribution in [0, 0.1) is 5.92 Å². The van der Waals surface area contributed by atoms with Crippen LogP contribution in [0.15, 0.2) is 29.2 Å². The van der Waals surface area contributed by atoms with E-state index in [-0.39, 0.29) is 10.8 Å². The van der Waals surface area contributed by atoms with Gasteiger partial charge in [0.15, 0.2) is 0 Å². The van der Waals surface area contributed by atoms with Crippen LogP contribution in [0.4, 0.5) is 5.69 Å². The highest BCUT2D eigenvalue weighted by atomic mass is 32.2. The lowest BCUT2D eigenvalue weighted by molar-refractivity contribution is -0.117. The Balaban J connectivity index is 2.81. The molecule has 0 aliphatic heterocycles. The molecule has 0 aliphatic rings. The van der Waals surface area contributed by atoms with Crippen LogP contribution >= 0.6 is 0 Å². The third-order valence-corrected chi connectivity index (χ3v) is 3.40. The van der Waals surface area contributed by atoms with E-state index in [0.29, 0.717) is 18.0 Å². The Bertz CT molecular complexity index is 555. The molecular weight excluding hydrogens is 266 g/mol. The Labute approximate surface area is 113 Å². The quantitative estimate of drug-likeness (QED) is 0.736. The minimum Gasteiger partial charge on any atom is -0.325 e. The number of carbonyl (C=O) groups excluding carboxylic acids is 1. The number of nitrogens with two attached hydrogens (primary N) is 2. The molecule has 1 rings (SSSR count). The molecular formula is C12H19N3O3S. The predicted molar refractivity (Wildman–Crippen MR) is 73.9 cm³/mol. The lowest BCUT2D eigenvalue weighted by Gasteiger charge is -2.14. The molecule has 1 aromatic rings. The molecule has 0 saturated carbocycles. The van der Waals surface area contributed by atoms with Crippen molar-refractivity contribution in [1.82, 2.24) is 0 Å². The Hall–Kier alpha value is -1.44. The van der Waals surface area contributed by atoms with E-state index in [2.05, 4.69) is 5.32 Å². The van der Waals surface area contributed by atoms with Crippen LogP contribution in [-0.2, 0) is 14.8 Å². The third-order valence-electron chi connectivity index (χ3n) is 2.49. The molecule has 1 aromatic carbocycles. The predicted octanol–water partition coefficient (Wildman–Crippen LogP) is 0.646. The first-order chi connectivity index (χ1) is 8.70. The smallest absolute Gasteiger partial charge is 0.241 e. The molecule has 106 valence electrons. The number of anilines is 1. The molecule has 19 heavy (non-hydrogen) atoms. The number of carbonyl (C=O) groups is 1. The van der Waals surface area contributed by atoms with E-state index in [9.17, 15) is 13.2 Å². The maximum atomic E-state index is 11.8. The van der Waals surface area contributed by atoms with Crippen molar-refractivity contribution in [3.05, 3.63) is 24.3 Å². The molecule has 6 nitrogen and oxygen atoms in total. The van der Waals surface area contributed by atoms with Crippen LogP contribution in [-0.4, -0.2) is 20.4 Å². The summed E-state index contributed by atoms with van der Waals surface area (Å²) in [4.78, 5) is 11.7. The molecule has 7 heteroatoms. The van der Waals surface area contributed by atoms with Crippen LogP contribution < -0.4 is 16.2 Å². The van der Waals surface area contributed by atoms with Crippen LogP contribution in [0.1, 0.15) is 20.3 Å². The highest BCUT2D eigenvalue weighted by Crippen LogP contribution is 2.14. The first kappa shape index (κ1) is 15.6. The molecule has 0 heterocycles. The van der Waals surface area contributed by atoms with Crippen molar-refractivity contribution in [1.29, 1.82) is 0 Å². The Morgan fingerprint density at radius 1 is 1.37 bits per heavy atom. The second kappa shape index (κ2) is 6.14. The van der Waals surface area contributed by atoms with Gasteiger partial charge in [-0.25, -0.2) is 13.6 Å². The fraction of sp³-hybridized carbons (Fsp3) is 0.417. The summed E-state index contributed by atoms with van der Waals surface area (Å²) in [6, 6.07) is 5.12. The van der Waals surface area contributed by atoms with Crippen molar-refractivity contribution in [3.63, 3.8) is 0 Å². The zero-order valence-electron chi connectivity index (χ0n) is 11.0.